The summed E-state index contributed by atoms with van der Waals surface area (Å²) in [5.74, 6) is 1.18. The molecule has 0 bridgehead atoms. The first kappa shape index (κ1) is 23.9. The number of aryl methyl sites for hydroxylation is 4. The van der Waals surface area contributed by atoms with Crippen LogP contribution in [0.2, 0.25) is 0 Å². The number of nitrogens with zero attached hydrogens (tertiary/aromatic N) is 2. The summed E-state index contributed by atoms with van der Waals surface area (Å²) in [7, 11) is 0. The molecular formula is C26H30FN3O4. The molecule has 0 radical (unpaired) electrons. The Bertz CT molecular complexity index is 1140. The van der Waals surface area contributed by atoms with Gasteiger partial charge in [0.1, 0.15) is 23.1 Å². The fourth-order valence-electron chi connectivity index (χ4n) is 4.27. The monoisotopic (exact) mass is 467 g/mol. The lowest BCUT2D eigenvalue weighted by molar-refractivity contribution is -0.116. The minimum atomic E-state index is -0.410. The van der Waals surface area contributed by atoms with Crippen molar-refractivity contribution in [2.75, 3.05) is 38.2 Å². The van der Waals surface area contributed by atoms with Crippen molar-refractivity contribution in [2.24, 2.45) is 0 Å². The molecule has 4 rings (SSSR count). The molecule has 1 aliphatic rings. The molecule has 180 valence electrons. The number of ether oxygens (including phenoxy) is 2. The zero-order valence-electron chi connectivity index (χ0n) is 20.0. The highest BCUT2D eigenvalue weighted by Crippen LogP contribution is 2.35. The van der Waals surface area contributed by atoms with Crippen molar-refractivity contribution in [1.82, 2.24) is 10.1 Å². The van der Waals surface area contributed by atoms with E-state index in [0.29, 0.717) is 60.4 Å². The van der Waals surface area contributed by atoms with E-state index in [4.69, 9.17) is 14.0 Å². The number of nitrogens with one attached hydrogen (secondary N) is 1. The summed E-state index contributed by atoms with van der Waals surface area (Å²) in [6.07, 6.45) is 0.421. The van der Waals surface area contributed by atoms with Crippen LogP contribution in [0.3, 0.4) is 0 Å². The average molecular weight is 468 g/mol. The normalized spacial score (nSPS) is 14.3. The molecule has 34 heavy (non-hydrogen) atoms. The Morgan fingerprint density at radius 2 is 1.79 bits per heavy atom. The van der Waals surface area contributed by atoms with Gasteiger partial charge in [-0.05, 0) is 68.7 Å². The van der Waals surface area contributed by atoms with Crippen molar-refractivity contribution in [3.8, 4) is 22.6 Å². The lowest BCUT2D eigenvalue weighted by Gasteiger charge is -2.26. The summed E-state index contributed by atoms with van der Waals surface area (Å²) in [6.45, 7) is 11.3. The maximum atomic E-state index is 14.4. The molecule has 3 aromatic rings. The third kappa shape index (κ3) is 5.63. The van der Waals surface area contributed by atoms with Gasteiger partial charge in [-0.25, -0.2) is 4.39 Å². The molecule has 1 saturated heterocycles. The zero-order chi connectivity index (χ0) is 24.2. The van der Waals surface area contributed by atoms with Crippen molar-refractivity contribution in [2.45, 2.75) is 34.1 Å². The summed E-state index contributed by atoms with van der Waals surface area (Å²) in [4.78, 5) is 14.7. The Balaban J connectivity index is 1.47. The zero-order valence-corrected chi connectivity index (χ0v) is 20.0. The quantitative estimate of drug-likeness (QED) is 0.517. The van der Waals surface area contributed by atoms with Gasteiger partial charge in [0, 0.05) is 43.4 Å². The van der Waals surface area contributed by atoms with E-state index in [-0.39, 0.29) is 5.91 Å². The first-order chi connectivity index (χ1) is 16.3. The maximum absolute atomic E-state index is 14.4. The van der Waals surface area contributed by atoms with Crippen molar-refractivity contribution in [3.05, 3.63) is 58.7 Å². The minimum absolute atomic E-state index is 0.0341. The Hall–Kier alpha value is -3.23. The van der Waals surface area contributed by atoms with Gasteiger partial charge in [0.2, 0.25) is 5.91 Å². The number of hydrogen-bond donors (Lipinski definition) is 1. The van der Waals surface area contributed by atoms with Crippen molar-refractivity contribution in [1.29, 1.82) is 0 Å². The van der Waals surface area contributed by atoms with Crippen LogP contribution in [-0.4, -0.2) is 48.8 Å². The van der Waals surface area contributed by atoms with Gasteiger partial charge in [0.05, 0.1) is 18.9 Å². The van der Waals surface area contributed by atoms with E-state index < -0.39 is 5.82 Å². The van der Waals surface area contributed by atoms with Crippen molar-refractivity contribution >= 4 is 11.6 Å². The van der Waals surface area contributed by atoms with Crippen LogP contribution in [-0.2, 0) is 9.53 Å². The number of morpholine rings is 1. The molecule has 0 aliphatic carbocycles. The topological polar surface area (TPSA) is 76.8 Å². The van der Waals surface area contributed by atoms with Crippen LogP contribution in [0, 0.1) is 33.5 Å². The molecule has 0 unspecified atom stereocenters. The molecule has 2 heterocycles. The standard InChI is InChI=1S/C26H30FN3O4/c1-16-11-22(28-24(31)5-6-30-7-9-32-10-8-30)12-17(2)26(16)33-23-14-20(13-21(27)15-23)25-18(3)29-34-19(25)4/h11-15H,5-10H2,1-4H3,(H,28,31). The van der Waals surface area contributed by atoms with Crippen molar-refractivity contribution < 1.29 is 23.2 Å². The Labute approximate surface area is 198 Å². The molecule has 0 atom stereocenters. The highest BCUT2D eigenvalue weighted by Gasteiger charge is 2.16. The SMILES string of the molecule is Cc1cc(NC(=O)CCN2CCOCC2)cc(C)c1Oc1cc(F)cc(-c2c(C)noc2C)c1. The Kier molecular flexibility index (Phi) is 7.29. The summed E-state index contributed by atoms with van der Waals surface area (Å²) in [5.41, 5.74) is 4.48. The summed E-state index contributed by atoms with van der Waals surface area (Å²) in [6, 6.07) is 8.29. The molecule has 1 aromatic heterocycles. The Morgan fingerprint density at radius 3 is 2.44 bits per heavy atom. The second kappa shape index (κ2) is 10.4. The van der Waals surface area contributed by atoms with Crippen LogP contribution >= 0.6 is 0 Å². The molecule has 2 aromatic carbocycles. The van der Waals surface area contributed by atoms with E-state index in [1.54, 1.807) is 13.0 Å². The van der Waals surface area contributed by atoms with Crippen LogP contribution in [0.5, 0.6) is 11.5 Å². The van der Waals surface area contributed by atoms with Gasteiger partial charge in [-0.15, -0.1) is 0 Å². The van der Waals surface area contributed by atoms with E-state index in [1.807, 2.05) is 32.9 Å². The largest absolute Gasteiger partial charge is 0.457 e. The first-order valence-corrected chi connectivity index (χ1v) is 11.4. The minimum Gasteiger partial charge on any atom is -0.457 e. The smallest absolute Gasteiger partial charge is 0.225 e. The molecule has 1 fully saturated rings. The average Bonchev–Trinajstić information content (AvgIpc) is 3.13. The Morgan fingerprint density at radius 1 is 1.09 bits per heavy atom. The molecule has 1 aliphatic heterocycles. The maximum Gasteiger partial charge on any atom is 0.225 e. The molecule has 1 N–H and O–H groups in total. The number of hydrogen-bond acceptors (Lipinski definition) is 6. The van der Waals surface area contributed by atoms with Gasteiger partial charge in [-0.1, -0.05) is 5.16 Å². The third-order valence-corrected chi connectivity index (χ3v) is 5.92. The van der Waals surface area contributed by atoms with Gasteiger partial charge in [-0.2, -0.15) is 0 Å². The van der Waals surface area contributed by atoms with Crippen molar-refractivity contribution in [3.63, 3.8) is 0 Å². The molecule has 0 saturated carbocycles. The summed E-state index contributed by atoms with van der Waals surface area (Å²) in [5, 5.41) is 6.93. The molecule has 1 amide bonds. The first-order valence-electron chi connectivity index (χ1n) is 11.4. The third-order valence-electron chi connectivity index (χ3n) is 5.92. The molecule has 0 spiro atoms. The highest BCUT2D eigenvalue weighted by atomic mass is 19.1. The van der Waals surface area contributed by atoms with E-state index in [2.05, 4.69) is 15.4 Å². The van der Waals surface area contributed by atoms with Crippen LogP contribution in [0.15, 0.2) is 34.9 Å². The van der Waals surface area contributed by atoms with E-state index in [1.165, 1.54) is 12.1 Å². The van der Waals surface area contributed by atoms with Gasteiger partial charge in [0.25, 0.3) is 0 Å². The second-order valence-corrected chi connectivity index (χ2v) is 8.67. The van der Waals surface area contributed by atoms with Gasteiger partial charge < -0.3 is 19.3 Å². The fourth-order valence-corrected chi connectivity index (χ4v) is 4.27. The predicted octanol–water partition coefficient (Wildman–Crippen LogP) is 5.17. The summed E-state index contributed by atoms with van der Waals surface area (Å²) < 4.78 is 31.1. The van der Waals surface area contributed by atoms with E-state index in [9.17, 15) is 9.18 Å². The predicted molar refractivity (Wildman–Crippen MR) is 128 cm³/mol. The molecule has 8 heteroatoms. The number of anilines is 1. The lowest BCUT2D eigenvalue weighted by Crippen LogP contribution is -2.38. The summed E-state index contributed by atoms with van der Waals surface area (Å²) >= 11 is 0. The number of amides is 1. The fraction of sp³-hybridized carbons (Fsp3) is 0.385. The van der Waals surface area contributed by atoms with Gasteiger partial charge in [-0.3, -0.25) is 9.69 Å². The number of halogens is 1. The number of rotatable bonds is 7. The second-order valence-electron chi connectivity index (χ2n) is 8.67. The van der Waals surface area contributed by atoms with E-state index >= 15 is 0 Å². The molecule has 7 nitrogen and oxygen atoms in total. The van der Waals surface area contributed by atoms with Gasteiger partial charge >= 0.3 is 0 Å². The van der Waals surface area contributed by atoms with Crippen LogP contribution in [0.25, 0.3) is 11.1 Å². The van der Waals surface area contributed by atoms with Crippen LogP contribution < -0.4 is 10.1 Å². The number of carbonyl (C=O) groups is 1. The number of benzene rings is 2. The number of carbonyl (C=O) groups excluding carboxylic acids is 1. The lowest BCUT2D eigenvalue weighted by atomic mass is 10.0. The van der Waals surface area contributed by atoms with Crippen LogP contribution in [0.1, 0.15) is 29.0 Å². The number of aromatic nitrogens is 1. The van der Waals surface area contributed by atoms with E-state index in [0.717, 1.165) is 29.8 Å². The van der Waals surface area contributed by atoms with Crippen LogP contribution in [0.4, 0.5) is 10.1 Å². The highest BCUT2D eigenvalue weighted by molar-refractivity contribution is 5.91. The van der Waals surface area contributed by atoms with Gasteiger partial charge in [0.15, 0.2) is 0 Å². The molecular weight excluding hydrogens is 437 g/mol.